The number of nitrogens with zero attached hydrogens (tertiary/aromatic N) is 1. The van der Waals surface area contributed by atoms with Crippen LogP contribution >= 0.6 is 0 Å². The number of aromatic nitrogens is 2. The Balaban J connectivity index is 2.24. The number of benzene rings is 2. The molecule has 182 valence electrons. The third-order valence-corrected chi connectivity index (χ3v) is 6.77. The monoisotopic (exact) mass is 493 g/mol. The Bertz CT molecular complexity index is 1690. The van der Waals surface area contributed by atoms with Crippen molar-refractivity contribution >= 4 is 21.0 Å². The second kappa shape index (κ2) is 8.51. The molecule has 2 heterocycles. The van der Waals surface area contributed by atoms with Gasteiger partial charge in [-0.15, -0.1) is 0 Å². The topological polar surface area (TPSA) is 124 Å². The molecule has 0 fully saturated rings. The Kier molecular flexibility index (Phi) is 5.94. The molecule has 0 amide bonds. The minimum atomic E-state index is -4.49. The van der Waals surface area contributed by atoms with E-state index in [1.54, 1.807) is 36.4 Å². The molecule has 35 heavy (non-hydrogen) atoms. The van der Waals surface area contributed by atoms with E-state index in [4.69, 9.17) is 9.88 Å². The molecular formula is C26H27N3O5S. The maximum atomic E-state index is 13.4. The number of aromatic amines is 1. The third kappa shape index (κ3) is 4.40. The molecule has 0 spiro atoms. The molecule has 0 radical (unpaired) electrons. The van der Waals surface area contributed by atoms with Crippen molar-refractivity contribution in [1.82, 2.24) is 8.96 Å². The molecule has 0 saturated heterocycles. The van der Waals surface area contributed by atoms with Crippen LogP contribution in [0.1, 0.15) is 31.9 Å². The number of hydrogen-bond donors (Lipinski definition) is 2. The summed E-state index contributed by atoms with van der Waals surface area (Å²) in [6, 6.07) is 13.7. The van der Waals surface area contributed by atoms with E-state index >= 15 is 0 Å². The van der Waals surface area contributed by atoms with E-state index in [0.29, 0.717) is 31.8 Å². The lowest BCUT2D eigenvalue weighted by Gasteiger charge is -2.26. The summed E-state index contributed by atoms with van der Waals surface area (Å²) >= 11 is 0. The van der Waals surface area contributed by atoms with Crippen LogP contribution in [0.3, 0.4) is 0 Å². The minimum Gasteiger partial charge on any atom is -0.496 e. The van der Waals surface area contributed by atoms with Crippen molar-refractivity contribution in [1.29, 1.82) is 0 Å². The number of fused-ring (bicyclic) bond motifs is 1. The van der Waals surface area contributed by atoms with Crippen LogP contribution in [0.2, 0.25) is 0 Å². The van der Waals surface area contributed by atoms with Crippen LogP contribution in [-0.2, 0) is 15.6 Å². The highest BCUT2D eigenvalue weighted by Gasteiger charge is 2.27. The Morgan fingerprint density at radius 1 is 1.00 bits per heavy atom. The quantitative estimate of drug-likeness (QED) is 0.449. The maximum absolute atomic E-state index is 13.4. The second-order valence-corrected chi connectivity index (χ2v) is 10.9. The highest BCUT2D eigenvalue weighted by atomic mass is 32.2. The molecule has 8 nitrogen and oxygen atoms in total. The van der Waals surface area contributed by atoms with E-state index in [1.807, 2.05) is 39.8 Å². The van der Waals surface area contributed by atoms with Gasteiger partial charge < -0.3 is 9.72 Å². The summed E-state index contributed by atoms with van der Waals surface area (Å²) in [5.74, 6) is 0.386. The fourth-order valence-corrected chi connectivity index (χ4v) is 5.00. The first-order valence-corrected chi connectivity index (χ1v) is 12.4. The van der Waals surface area contributed by atoms with E-state index in [9.17, 15) is 18.0 Å². The van der Waals surface area contributed by atoms with E-state index in [2.05, 4.69) is 4.98 Å². The van der Waals surface area contributed by atoms with Gasteiger partial charge in [0, 0.05) is 28.3 Å². The third-order valence-electron chi connectivity index (χ3n) is 5.90. The molecule has 0 unspecified atom stereocenters. The molecule has 0 bridgehead atoms. The first kappa shape index (κ1) is 24.4. The first-order chi connectivity index (χ1) is 16.3. The summed E-state index contributed by atoms with van der Waals surface area (Å²) < 4.78 is 31.8. The Labute approximate surface area is 203 Å². The van der Waals surface area contributed by atoms with Gasteiger partial charge >= 0.3 is 10.2 Å². The number of pyridine rings is 2. The number of nitrogens with two attached hydrogens (primary N) is 1. The summed E-state index contributed by atoms with van der Waals surface area (Å²) in [6.07, 6.45) is 1.53. The van der Waals surface area contributed by atoms with E-state index in [-0.39, 0.29) is 16.6 Å². The smallest absolute Gasteiger partial charge is 0.305 e. The van der Waals surface area contributed by atoms with Gasteiger partial charge in [0.25, 0.3) is 11.1 Å². The number of hydrogen-bond acceptors (Lipinski definition) is 5. The molecular weight excluding hydrogens is 466 g/mol. The Morgan fingerprint density at radius 3 is 2.31 bits per heavy atom. The van der Waals surface area contributed by atoms with Crippen LogP contribution in [-0.4, -0.2) is 24.5 Å². The van der Waals surface area contributed by atoms with Crippen LogP contribution in [0, 0.1) is 6.92 Å². The molecule has 4 aromatic rings. The molecule has 0 aliphatic carbocycles. The second-order valence-electron chi connectivity index (χ2n) is 9.50. The van der Waals surface area contributed by atoms with Crippen molar-refractivity contribution in [3.63, 3.8) is 0 Å². The molecule has 4 rings (SSSR count). The van der Waals surface area contributed by atoms with E-state index < -0.39 is 21.2 Å². The van der Waals surface area contributed by atoms with Crippen molar-refractivity contribution < 1.29 is 13.2 Å². The van der Waals surface area contributed by atoms with Gasteiger partial charge in [0.15, 0.2) is 0 Å². The fraction of sp³-hybridized carbons (Fsp3) is 0.231. The van der Waals surface area contributed by atoms with Gasteiger partial charge in [0.2, 0.25) is 0 Å². The largest absolute Gasteiger partial charge is 0.496 e. The summed E-state index contributed by atoms with van der Waals surface area (Å²) in [6.45, 7) is 7.74. The predicted molar refractivity (Wildman–Crippen MR) is 138 cm³/mol. The molecule has 0 atom stereocenters. The van der Waals surface area contributed by atoms with E-state index in [1.165, 1.54) is 13.3 Å². The van der Waals surface area contributed by atoms with Crippen molar-refractivity contribution in [3.05, 3.63) is 86.6 Å². The fourth-order valence-electron chi connectivity index (χ4n) is 4.25. The van der Waals surface area contributed by atoms with E-state index in [0.717, 1.165) is 11.1 Å². The van der Waals surface area contributed by atoms with Crippen LogP contribution in [0.25, 0.3) is 33.2 Å². The van der Waals surface area contributed by atoms with Gasteiger partial charge in [-0.1, -0.05) is 38.5 Å². The summed E-state index contributed by atoms with van der Waals surface area (Å²) in [5.41, 5.74) is 1.34. The van der Waals surface area contributed by atoms with Crippen LogP contribution in [0.4, 0.5) is 0 Å². The highest BCUT2D eigenvalue weighted by Crippen LogP contribution is 2.42. The standard InChI is InChI=1S/C26H27N3O5S/c1-15-8-9-16-14-22(29(35(27,32)33)25(31)19(16)11-15)20-12-17(18-7-6-10-28-24(18)30)13-21(23(20)34-5)26(2,3)4/h6-14H,1-5H3,(H,28,30)(H2,27,32,33). The molecule has 2 aromatic heterocycles. The van der Waals surface area contributed by atoms with Gasteiger partial charge in [-0.3, -0.25) is 9.59 Å². The number of rotatable bonds is 4. The Hall–Kier alpha value is -3.69. The van der Waals surface area contributed by atoms with Gasteiger partial charge in [-0.25, -0.2) is 5.14 Å². The van der Waals surface area contributed by atoms with Crippen LogP contribution in [0.5, 0.6) is 5.75 Å². The highest BCUT2D eigenvalue weighted by molar-refractivity contribution is 7.87. The first-order valence-electron chi connectivity index (χ1n) is 10.9. The molecule has 0 aliphatic rings. The Morgan fingerprint density at radius 2 is 1.71 bits per heavy atom. The SMILES string of the molecule is COc1c(-c2cc3ccc(C)cc3c(=O)n2S(N)(=O)=O)cc(-c2ccc[nH]c2=O)cc1C(C)(C)C. The van der Waals surface area contributed by atoms with Crippen LogP contribution in [0.15, 0.2) is 64.3 Å². The molecule has 0 saturated carbocycles. The van der Waals surface area contributed by atoms with Gasteiger partial charge in [-0.2, -0.15) is 12.4 Å². The zero-order valence-corrected chi connectivity index (χ0v) is 21.0. The summed E-state index contributed by atoms with van der Waals surface area (Å²) in [7, 11) is -3.02. The lowest BCUT2D eigenvalue weighted by molar-refractivity contribution is 0.399. The average Bonchev–Trinajstić information content (AvgIpc) is 2.77. The number of nitrogens with one attached hydrogen (secondary N) is 1. The van der Waals surface area contributed by atoms with Gasteiger partial charge in [0.1, 0.15) is 5.75 Å². The van der Waals surface area contributed by atoms with Gasteiger partial charge in [0.05, 0.1) is 12.8 Å². The van der Waals surface area contributed by atoms with Crippen molar-refractivity contribution in [2.45, 2.75) is 33.1 Å². The average molecular weight is 494 g/mol. The number of H-pyrrole nitrogens is 1. The maximum Gasteiger partial charge on any atom is 0.305 e. The lowest BCUT2D eigenvalue weighted by atomic mass is 9.82. The summed E-state index contributed by atoms with van der Waals surface area (Å²) in [4.78, 5) is 28.7. The minimum absolute atomic E-state index is 0.0467. The predicted octanol–water partition coefficient (Wildman–Crippen LogP) is 3.69. The lowest BCUT2D eigenvalue weighted by Crippen LogP contribution is -2.34. The molecule has 0 aliphatic heterocycles. The molecule has 9 heteroatoms. The van der Waals surface area contributed by atoms with Crippen molar-refractivity contribution in [3.8, 4) is 28.1 Å². The zero-order chi connectivity index (χ0) is 25.7. The normalized spacial score (nSPS) is 12.2. The van der Waals surface area contributed by atoms with Crippen molar-refractivity contribution in [2.24, 2.45) is 5.14 Å². The number of ether oxygens (including phenoxy) is 1. The number of aryl methyl sites for hydroxylation is 1. The van der Waals surface area contributed by atoms with Crippen molar-refractivity contribution in [2.75, 3.05) is 7.11 Å². The molecule has 3 N–H and O–H groups in total. The zero-order valence-electron chi connectivity index (χ0n) is 20.2. The molecule has 2 aromatic carbocycles. The number of methoxy groups -OCH3 is 1. The van der Waals surface area contributed by atoms with Crippen LogP contribution < -0.4 is 21.0 Å². The van der Waals surface area contributed by atoms with Gasteiger partial charge in [-0.05, 0) is 59.7 Å². The summed E-state index contributed by atoms with van der Waals surface area (Å²) in [5, 5.41) is 6.34.